The molecule has 2 aromatic heterocycles. The summed E-state index contributed by atoms with van der Waals surface area (Å²) in [4.78, 5) is 17.5. The standard InChI is InChI=1S/C57H39N5/c1-5-15-40(16-6-1)42-25-32-48(33-26-42)61(49-34-27-43(28-35-49)41-17-7-2-8-18-41)50-36-29-44(30-37-50)47-31-38-54-52(39-47)51-23-13-14-24-53(51)62(54)57-59-55(45-19-9-3-10-20-45)58-56(60-57)46-21-11-4-12-22-46/h1-39H. The molecule has 9 aromatic carbocycles. The third-order valence-electron chi connectivity index (χ3n) is 11.5. The van der Waals surface area contributed by atoms with Gasteiger partial charge in [-0.25, -0.2) is 4.98 Å². The van der Waals surface area contributed by atoms with Crippen LogP contribution in [0.2, 0.25) is 0 Å². The number of aromatic nitrogens is 4. The molecule has 0 aliphatic rings. The SMILES string of the molecule is c1ccc(-c2ccc(N(c3ccc(-c4ccccc4)cc3)c3ccc(-c4ccc5c(c4)c4ccccc4n5-c4nc(-c5ccccc5)nc(-c5ccccc5)n4)cc3)cc2)cc1. The summed E-state index contributed by atoms with van der Waals surface area (Å²) in [5, 5.41) is 2.26. The van der Waals surface area contributed by atoms with Gasteiger partial charge in [0.05, 0.1) is 11.0 Å². The monoisotopic (exact) mass is 793 g/mol. The van der Waals surface area contributed by atoms with Crippen molar-refractivity contribution < 1.29 is 0 Å². The van der Waals surface area contributed by atoms with Crippen molar-refractivity contribution in [2.45, 2.75) is 0 Å². The molecule has 11 aromatic rings. The molecule has 0 aliphatic carbocycles. The highest BCUT2D eigenvalue weighted by molar-refractivity contribution is 6.10. The highest BCUT2D eigenvalue weighted by Crippen LogP contribution is 2.39. The minimum Gasteiger partial charge on any atom is -0.311 e. The first kappa shape index (κ1) is 36.7. The van der Waals surface area contributed by atoms with Crippen molar-refractivity contribution in [1.29, 1.82) is 0 Å². The Hall–Kier alpha value is -8.41. The lowest BCUT2D eigenvalue weighted by Crippen LogP contribution is -2.09. The van der Waals surface area contributed by atoms with Gasteiger partial charge in [-0.2, -0.15) is 9.97 Å². The molecule has 0 saturated carbocycles. The van der Waals surface area contributed by atoms with E-state index in [0.717, 1.165) is 61.1 Å². The van der Waals surface area contributed by atoms with Crippen LogP contribution in [0.1, 0.15) is 0 Å². The second-order valence-electron chi connectivity index (χ2n) is 15.3. The van der Waals surface area contributed by atoms with E-state index >= 15 is 0 Å². The molecule has 62 heavy (non-hydrogen) atoms. The van der Waals surface area contributed by atoms with Crippen LogP contribution in [0.15, 0.2) is 237 Å². The van der Waals surface area contributed by atoms with Crippen LogP contribution in [-0.4, -0.2) is 19.5 Å². The summed E-state index contributed by atoms with van der Waals surface area (Å²) >= 11 is 0. The van der Waals surface area contributed by atoms with E-state index in [9.17, 15) is 0 Å². The average Bonchev–Trinajstić information content (AvgIpc) is 3.69. The van der Waals surface area contributed by atoms with Crippen LogP contribution in [0.3, 0.4) is 0 Å². The Labute approximate surface area is 360 Å². The number of benzene rings is 9. The summed E-state index contributed by atoms with van der Waals surface area (Å²) in [6.45, 7) is 0. The van der Waals surface area contributed by atoms with Crippen LogP contribution >= 0.6 is 0 Å². The van der Waals surface area contributed by atoms with Crippen molar-refractivity contribution >= 4 is 38.9 Å². The van der Waals surface area contributed by atoms with Crippen molar-refractivity contribution in [2.75, 3.05) is 4.90 Å². The van der Waals surface area contributed by atoms with E-state index in [0.29, 0.717) is 17.6 Å². The largest absolute Gasteiger partial charge is 0.311 e. The molecule has 0 atom stereocenters. The predicted molar refractivity (Wildman–Crippen MR) is 256 cm³/mol. The van der Waals surface area contributed by atoms with Crippen LogP contribution in [0.5, 0.6) is 0 Å². The summed E-state index contributed by atoms with van der Waals surface area (Å²) in [7, 11) is 0. The summed E-state index contributed by atoms with van der Waals surface area (Å²) < 4.78 is 2.17. The van der Waals surface area contributed by atoms with Gasteiger partial charge in [-0.3, -0.25) is 4.57 Å². The Kier molecular flexibility index (Phi) is 9.45. The number of rotatable bonds is 9. The Morgan fingerprint density at radius 3 is 1.10 bits per heavy atom. The maximum absolute atomic E-state index is 5.10. The summed E-state index contributed by atoms with van der Waals surface area (Å²) in [5.74, 6) is 1.84. The fourth-order valence-electron chi connectivity index (χ4n) is 8.38. The average molecular weight is 794 g/mol. The summed E-state index contributed by atoms with van der Waals surface area (Å²) in [5.41, 5.74) is 14.2. The van der Waals surface area contributed by atoms with Gasteiger partial charge in [-0.15, -0.1) is 0 Å². The van der Waals surface area contributed by atoms with Crippen LogP contribution in [0.4, 0.5) is 17.1 Å². The zero-order valence-corrected chi connectivity index (χ0v) is 33.8. The van der Waals surface area contributed by atoms with E-state index in [2.05, 4.69) is 185 Å². The molecule has 5 heteroatoms. The molecule has 0 unspecified atom stereocenters. The second kappa shape index (κ2) is 16.0. The highest BCUT2D eigenvalue weighted by Gasteiger charge is 2.19. The number of hydrogen-bond acceptors (Lipinski definition) is 4. The molecular weight excluding hydrogens is 755 g/mol. The smallest absolute Gasteiger partial charge is 0.238 e. The topological polar surface area (TPSA) is 46.8 Å². The van der Waals surface area contributed by atoms with Gasteiger partial charge < -0.3 is 4.90 Å². The summed E-state index contributed by atoms with van der Waals surface area (Å²) in [6, 6.07) is 83.0. The number of fused-ring (bicyclic) bond motifs is 3. The predicted octanol–water partition coefficient (Wildman–Crippen LogP) is 14.8. The molecule has 5 nitrogen and oxygen atoms in total. The molecule has 292 valence electrons. The van der Waals surface area contributed by atoms with E-state index in [1.54, 1.807) is 0 Å². The van der Waals surface area contributed by atoms with Gasteiger partial charge in [0.2, 0.25) is 5.95 Å². The molecule has 0 saturated heterocycles. The van der Waals surface area contributed by atoms with E-state index < -0.39 is 0 Å². The van der Waals surface area contributed by atoms with Gasteiger partial charge in [0.25, 0.3) is 0 Å². The lowest BCUT2D eigenvalue weighted by Gasteiger charge is -2.26. The fraction of sp³-hybridized carbons (Fsp3) is 0. The molecule has 0 aliphatic heterocycles. The van der Waals surface area contributed by atoms with Gasteiger partial charge in [0.15, 0.2) is 11.6 Å². The molecule has 0 amide bonds. The lowest BCUT2D eigenvalue weighted by molar-refractivity contribution is 0.953. The first-order valence-corrected chi connectivity index (χ1v) is 20.9. The molecule has 11 rings (SSSR count). The highest BCUT2D eigenvalue weighted by atomic mass is 15.2. The summed E-state index contributed by atoms with van der Waals surface area (Å²) in [6.07, 6.45) is 0. The lowest BCUT2D eigenvalue weighted by atomic mass is 10.0. The zero-order valence-electron chi connectivity index (χ0n) is 33.8. The molecule has 0 fully saturated rings. The molecule has 2 heterocycles. The van der Waals surface area contributed by atoms with Gasteiger partial charge in [0, 0.05) is 39.0 Å². The molecular formula is C57H39N5. The number of anilines is 3. The zero-order chi connectivity index (χ0) is 41.2. The van der Waals surface area contributed by atoms with Crippen LogP contribution in [-0.2, 0) is 0 Å². The minimum absolute atomic E-state index is 0.578. The molecule has 0 N–H and O–H groups in total. The number of hydrogen-bond donors (Lipinski definition) is 0. The van der Waals surface area contributed by atoms with Crippen molar-refractivity contribution in [2.24, 2.45) is 0 Å². The van der Waals surface area contributed by atoms with Crippen molar-refractivity contribution in [3.8, 4) is 62.1 Å². The number of nitrogens with zero attached hydrogens (tertiary/aromatic N) is 5. The van der Waals surface area contributed by atoms with Crippen LogP contribution in [0.25, 0.3) is 83.9 Å². The molecule has 0 bridgehead atoms. The van der Waals surface area contributed by atoms with Crippen LogP contribution in [0, 0.1) is 0 Å². The number of para-hydroxylation sites is 1. The van der Waals surface area contributed by atoms with Gasteiger partial charge in [0.1, 0.15) is 0 Å². The fourth-order valence-corrected chi connectivity index (χ4v) is 8.38. The van der Waals surface area contributed by atoms with E-state index in [1.807, 2.05) is 60.7 Å². The third kappa shape index (κ3) is 6.97. The third-order valence-corrected chi connectivity index (χ3v) is 11.5. The van der Waals surface area contributed by atoms with Crippen molar-refractivity contribution in [3.63, 3.8) is 0 Å². The van der Waals surface area contributed by atoms with Gasteiger partial charge in [-0.1, -0.05) is 182 Å². The van der Waals surface area contributed by atoms with Crippen molar-refractivity contribution in [1.82, 2.24) is 19.5 Å². The quantitative estimate of drug-likeness (QED) is 0.146. The Morgan fingerprint density at radius 2 is 0.629 bits per heavy atom. The maximum atomic E-state index is 5.10. The second-order valence-corrected chi connectivity index (χ2v) is 15.3. The maximum Gasteiger partial charge on any atom is 0.238 e. The first-order chi connectivity index (χ1) is 30.7. The molecule has 0 spiro atoms. The van der Waals surface area contributed by atoms with Gasteiger partial charge in [-0.05, 0) is 88.0 Å². The molecule has 0 radical (unpaired) electrons. The Bertz CT molecular complexity index is 3150. The minimum atomic E-state index is 0.578. The first-order valence-electron chi connectivity index (χ1n) is 20.9. The van der Waals surface area contributed by atoms with E-state index in [1.165, 1.54) is 22.3 Å². The normalized spacial score (nSPS) is 11.2. The van der Waals surface area contributed by atoms with E-state index in [-0.39, 0.29) is 0 Å². The van der Waals surface area contributed by atoms with E-state index in [4.69, 9.17) is 15.0 Å². The van der Waals surface area contributed by atoms with Crippen molar-refractivity contribution in [3.05, 3.63) is 237 Å². The Morgan fingerprint density at radius 1 is 0.274 bits per heavy atom. The van der Waals surface area contributed by atoms with Gasteiger partial charge >= 0.3 is 0 Å². The van der Waals surface area contributed by atoms with Crippen LogP contribution < -0.4 is 4.90 Å². The Balaban J connectivity index is 0.985.